The van der Waals surface area contributed by atoms with E-state index < -0.39 is 11.6 Å². The summed E-state index contributed by atoms with van der Waals surface area (Å²) < 4.78 is 37.4. The van der Waals surface area contributed by atoms with Gasteiger partial charge >= 0.3 is 0 Å². The largest absolute Gasteiger partial charge is 0.445 e. The molecule has 21 heavy (non-hydrogen) atoms. The number of benzene rings is 1. The molecular weight excluding hydrogens is 278 g/mol. The number of hydrogen-bond acceptors (Lipinski definition) is 4. The minimum atomic E-state index is -0.856. The summed E-state index contributed by atoms with van der Waals surface area (Å²) in [6.45, 7) is 2.88. The summed E-state index contributed by atoms with van der Waals surface area (Å²) in [5.74, 6) is -0.350. The molecule has 1 aromatic carbocycles. The van der Waals surface area contributed by atoms with Crippen LogP contribution in [0.15, 0.2) is 28.8 Å². The number of hydrogen-bond donors (Lipinski definition) is 1. The van der Waals surface area contributed by atoms with Crippen LogP contribution in [0.4, 0.5) is 8.78 Å². The lowest BCUT2D eigenvalue weighted by atomic mass is 10.0. The third-order valence-corrected chi connectivity index (χ3v) is 3.55. The lowest BCUT2D eigenvalue weighted by Crippen LogP contribution is -2.31. The van der Waals surface area contributed by atoms with Gasteiger partial charge in [0.25, 0.3) is 0 Å². The quantitative estimate of drug-likeness (QED) is 0.942. The van der Waals surface area contributed by atoms with Crippen LogP contribution in [-0.2, 0) is 11.3 Å². The highest BCUT2D eigenvalue weighted by Crippen LogP contribution is 2.30. The minimum Gasteiger partial charge on any atom is -0.445 e. The molecule has 1 aromatic heterocycles. The first-order valence-electron chi connectivity index (χ1n) is 6.85. The van der Waals surface area contributed by atoms with Crippen molar-refractivity contribution in [3.8, 4) is 0 Å². The van der Waals surface area contributed by atoms with E-state index in [0.717, 1.165) is 18.2 Å². The number of rotatable bonds is 4. The molecule has 0 saturated carbocycles. The van der Waals surface area contributed by atoms with E-state index in [4.69, 9.17) is 9.15 Å². The Morgan fingerprint density at radius 2 is 2.19 bits per heavy atom. The fourth-order valence-electron chi connectivity index (χ4n) is 2.52. The average Bonchev–Trinajstić information content (AvgIpc) is 3.08. The molecule has 112 valence electrons. The third-order valence-electron chi connectivity index (χ3n) is 3.55. The highest BCUT2D eigenvalue weighted by atomic mass is 19.2. The molecule has 0 amide bonds. The Hall–Kier alpha value is -1.79. The van der Waals surface area contributed by atoms with Gasteiger partial charge in [-0.05, 0) is 31.0 Å². The molecule has 2 unspecified atom stereocenters. The van der Waals surface area contributed by atoms with E-state index in [1.807, 2.05) is 6.92 Å². The summed E-state index contributed by atoms with van der Waals surface area (Å²) in [5, 5.41) is 3.30. The van der Waals surface area contributed by atoms with Gasteiger partial charge in [-0.1, -0.05) is 6.07 Å². The van der Waals surface area contributed by atoms with Crippen LogP contribution in [0.25, 0.3) is 0 Å². The van der Waals surface area contributed by atoms with Crippen molar-refractivity contribution in [3.05, 3.63) is 53.2 Å². The van der Waals surface area contributed by atoms with Crippen molar-refractivity contribution in [1.29, 1.82) is 0 Å². The SMILES string of the molecule is Cc1cnc(CNC2CCOC2c2ccc(F)c(F)c2)o1. The van der Waals surface area contributed by atoms with Gasteiger partial charge in [-0.2, -0.15) is 0 Å². The van der Waals surface area contributed by atoms with Gasteiger partial charge in [0.15, 0.2) is 11.6 Å². The minimum absolute atomic E-state index is 0.0158. The highest BCUT2D eigenvalue weighted by molar-refractivity contribution is 5.22. The van der Waals surface area contributed by atoms with Crippen LogP contribution in [0, 0.1) is 18.6 Å². The molecule has 3 rings (SSSR count). The first-order chi connectivity index (χ1) is 10.1. The summed E-state index contributed by atoms with van der Waals surface area (Å²) in [7, 11) is 0. The molecule has 0 radical (unpaired) electrons. The molecule has 1 fully saturated rings. The molecule has 1 aliphatic heterocycles. The molecule has 2 atom stereocenters. The molecule has 2 heterocycles. The van der Waals surface area contributed by atoms with Crippen molar-refractivity contribution in [1.82, 2.24) is 10.3 Å². The smallest absolute Gasteiger partial charge is 0.208 e. The van der Waals surface area contributed by atoms with Crippen molar-refractivity contribution >= 4 is 0 Å². The zero-order valence-electron chi connectivity index (χ0n) is 11.6. The second-order valence-electron chi connectivity index (χ2n) is 5.11. The first-order valence-corrected chi connectivity index (χ1v) is 6.85. The van der Waals surface area contributed by atoms with Gasteiger partial charge in [0.05, 0.1) is 18.8 Å². The lowest BCUT2D eigenvalue weighted by Gasteiger charge is -2.19. The van der Waals surface area contributed by atoms with Crippen LogP contribution >= 0.6 is 0 Å². The van der Waals surface area contributed by atoms with E-state index in [2.05, 4.69) is 10.3 Å². The Labute approximate surface area is 121 Å². The summed E-state index contributed by atoms with van der Waals surface area (Å²) in [5.41, 5.74) is 0.632. The van der Waals surface area contributed by atoms with Crippen LogP contribution in [0.5, 0.6) is 0 Å². The van der Waals surface area contributed by atoms with Crippen molar-refractivity contribution < 1.29 is 17.9 Å². The Morgan fingerprint density at radius 1 is 1.33 bits per heavy atom. The maximum atomic E-state index is 13.3. The zero-order chi connectivity index (χ0) is 14.8. The Kier molecular flexibility index (Phi) is 3.98. The van der Waals surface area contributed by atoms with Gasteiger partial charge in [-0.3, -0.25) is 0 Å². The number of ether oxygens (including phenoxy) is 1. The van der Waals surface area contributed by atoms with E-state index in [1.165, 1.54) is 6.07 Å². The van der Waals surface area contributed by atoms with Gasteiger partial charge in [-0.15, -0.1) is 0 Å². The predicted octanol–water partition coefficient (Wildman–Crippen LogP) is 2.88. The molecule has 0 spiro atoms. The van der Waals surface area contributed by atoms with E-state index in [0.29, 0.717) is 24.6 Å². The van der Waals surface area contributed by atoms with Crippen molar-refractivity contribution in [3.63, 3.8) is 0 Å². The molecule has 2 aromatic rings. The zero-order valence-corrected chi connectivity index (χ0v) is 11.6. The average molecular weight is 294 g/mol. The van der Waals surface area contributed by atoms with E-state index >= 15 is 0 Å². The Balaban J connectivity index is 1.68. The standard InChI is InChI=1S/C15H16F2N2O2/c1-9-7-19-14(21-9)8-18-13-4-5-20-15(13)10-2-3-11(16)12(17)6-10/h2-3,6-7,13,15,18H,4-5,8H2,1H3. The molecular formula is C15H16F2N2O2. The molecule has 1 saturated heterocycles. The van der Waals surface area contributed by atoms with Crippen LogP contribution in [0.3, 0.4) is 0 Å². The number of aryl methyl sites for hydroxylation is 1. The number of aromatic nitrogens is 1. The maximum absolute atomic E-state index is 13.3. The maximum Gasteiger partial charge on any atom is 0.208 e. The number of nitrogens with zero attached hydrogens (tertiary/aromatic N) is 1. The van der Waals surface area contributed by atoms with Crippen LogP contribution < -0.4 is 5.32 Å². The molecule has 6 heteroatoms. The van der Waals surface area contributed by atoms with Gasteiger partial charge < -0.3 is 14.5 Å². The lowest BCUT2D eigenvalue weighted by molar-refractivity contribution is 0.0976. The predicted molar refractivity (Wildman–Crippen MR) is 71.5 cm³/mol. The highest BCUT2D eigenvalue weighted by Gasteiger charge is 2.30. The van der Waals surface area contributed by atoms with E-state index in [9.17, 15) is 8.78 Å². The fourth-order valence-corrected chi connectivity index (χ4v) is 2.52. The van der Waals surface area contributed by atoms with Crippen molar-refractivity contribution in [2.24, 2.45) is 0 Å². The summed E-state index contributed by atoms with van der Waals surface area (Å²) in [6.07, 6.45) is 2.16. The second-order valence-corrected chi connectivity index (χ2v) is 5.11. The Bertz CT molecular complexity index is 630. The fraction of sp³-hybridized carbons (Fsp3) is 0.400. The van der Waals surface area contributed by atoms with E-state index in [-0.39, 0.29) is 12.1 Å². The van der Waals surface area contributed by atoms with Crippen molar-refractivity contribution in [2.45, 2.75) is 32.0 Å². The second kappa shape index (κ2) is 5.91. The van der Waals surface area contributed by atoms with Crippen LogP contribution in [0.2, 0.25) is 0 Å². The molecule has 1 aliphatic rings. The third kappa shape index (κ3) is 3.11. The summed E-state index contributed by atoms with van der Waals surface area (Å²) in [4.78, 5) is 4.12. The van der Waals surface area contributed by atoms with Gasteiger partial charge in [0, 0.05) is 12.6 Å². The molecule has 0 aliphatic carbocycles. The molecule has 1 N–H and O–H groups in total. The van der Waals surface area contributed by atoms with E-state index in [1.54, 1.807) is 12.3 Å². The number of halogens is 2. The molecule has 0 bridgehead atoms. The monoisotopic (exact) mass is 294 g/mol. The number of nitrogens with one attached hydrogen (secondary N) is 1. The topological polar surface area (TPSA) is 47.3 Å². The summed E-state index contributed by atoms with van der Waals surface area (Å²) >= 11 is 0. The van der Waals surface area contributed by atoms with Crippen LogP contribution in [0.1, 0.15) is 29.7 Å². The van der Waals surface area contributed by atoms with Crippen LogP contribution in [-0.4, -0.2) is 17.6 Å². The van der Waals surface area contributed by atoms with Gasteiger partial charge in [0.2, 0.25) is 5.89 Å². The van der Waals surface area contributed by atoms with Gasteiger partial charge in [0.1, 0.15) is 5.76 Å². The van der Waals surface area contributed by atoms with Gasteiger partial charge in [-0.25, -0.2) is 13.8 Å². The first kappa shape index (κ1) is 14.2. The summed E-state index contributed by atoms with van der Waals surface area (Å²) in [6, 6.07) is 3.89. The van der Waals surface area contributed by atoms with Crippen molar-refractivity contribution in [2.75, 3.05) is 6.61 Å². The normalized spacial score (nSPS) is 21.9. The molecule has 4 nitrogen and oxygen atoms in total. The Morgan fingerprint density at radius 3 is 2.90 bits per heavy atom. The number of oxazole rings is 1.